The van der Waals surface area contributed by atoms with E-state index in [-0.39, 0.29) is 12.1 Å². The first-order valence-corrected chi connectivity index (χ1v) is 5.84. The third-order valence-electron chi connectivity index (χ3n) is 3.21. The number of rotatable bonds is 5. The molecule has 0 aliphatic heterocycles. The lowest BCUT2D eigenvalue weighted by Gasteiger charge is -2.21. The molecule has 0 aromatic rings. The van der Waals surface area contributed by atoms with Gasteiger partial charge in [0.15, 0.2) is 0 Å². The van der Waals surface area contributed by atoms with E-state index in [1.54, 1.807) is 11.9 Å². The predicted octanol–water partition coefficient (Wildman–Crippen LogP) is 0.809. The zero-order valence-corrected chi connectivity index (χ0v) is 9.28. The molecule has 0 spiro atoms. The van der Waals surface area contributed by atoms with Crippen molar-refractivity contribution in [1.82, 2.24) is 10.2 Å². The molecule has 0 bridgehead atoms. The summed E-state index contributed by atoms with van der Waals surface area (Å²) in [5, 5.41) is 12.6. The molecule has 15 heavy (non-hydrogen) atoms. The van der Waals surface area contributed by atoms with Gasteiger partial charge in [-0.1, -0.05) is 0 Å². The van der Waals surface area contributed by atoms with Crippen LogP contribution in [0.3, 0.4) is 0 Å². The van der Waals surface area contributed by atoms with E-state index in [0.717, 1.165) is 19.4 Å². The van der Waals surface area contributed by atoms with Crippen molar-refractivity contribution in [1.29, 1.82) is 0 Å². The van der Waals surface area contributed by atoms with Gasteiger partial charge in [-0.2, -0.15) is 0 Å². The Bertz CT molecular complexity index is 237. The van der Waals surface area contributed by atoms with Crippen molar-refractivity contribution in [2.45, 2.75) is 31.8 Å². The van der Waals surface area contributed by atoms with E-state index in [9.17, 15) is 9.90 Å². The smallest absolute Gasteiger partial charge is 0.317 e. The summed E-state index contributed by atoms with van der Waals surface area (Å²) >= 11 is 0. The highest BCUT2D eigenvalue weighted by molar-refractivity contribution is 5.73. The minimum absolute atomic E-state index is 0.0541. The Labute approximate surface area is 90.6 Å². The molecular weight excluding hydrogens is 192 g/mol. The minimum atomic E-state index is -0.332. The molecule has 0 saturated heterocycles. The second-order valence-electron chi connectivity index (χ2n) is 4.91. The molecule has 4 nitrogen and oxygen atoms in total. The quantitative estimate of drug-likeness (QED) is 0.708. The van der Waals surface area contributed by atoms with Gasteiger partial charge in [-0.15, -0.1) is 0 Å². The molecule has 1 atom stereocenters. The molecule has 2 N–H and O–H groups in total. The molecule has 86 valence electrons. The summed E-state index contributed by atoms with van der Waals surface area (Å²) < 4.78 is 0. The van der Waals surface area contributed by atoms with Gasteiger partial charge in [0.25, 0.3) is 0 Å². The normalized spacial score (nSPS) is 22.3. The van der Waals surface area contributed by atoms with E-state index in [0.29, 0.717) is 18.4 Å². The highest BCUT2D eigenvalue weighted by atomic mass is 16.3. The van der Waals surface area contributed by atoms with Gasteiger partial charge in [0, 0.05) is 20.1 Å². The topological polar surface area (TPSA) is 52.6 Å². The van der Waals surface area contributed by atoms with Crippen molar-refractivity contribution < 1.29 is 9.90 Å². The maximum absolute atomic E-state index is 11.6. The van der Waals surface area contributed by atoms with Crippen LogP contribution in [-0.2, 0) is 0 Å². The number of likely N-dealkylation sites (N-methyl/N-ethyl adjacent to an activating group) is 1. The molecule has 2 rings (SSSR count). The molecular formula is C11H20N2O2. The average Bonchev–Trinajstić information content (AvgIpc) is 3.04. The Hall–Kier alpha value is -0.770. The minimum Gasteiger partial charge on any atom is -0.391 e. The van der Waals surface area contributed by atoms with E-state index >= 15 is 0 Å². The highest BCUT2D eigenvalue weighted by Crippen LogP contribution is 2.32. The Kier molecular flexibility index (Phi) is 3.14. The average molecular weight is 212 g/mol. The van der Waals surface area contributed by atoms with Gasteiger partial charge in [-0.25, -0.2) is 4.79 Å². The number of urea groups is 1. The van der Waals surface area contributed by atoms with Crippen molar-refractivity contribution in [3.8, 4) is 0 Å². The zero-order chi connectivity index (χ0) is 10.8. The Morgan fingerprint density at radius 1 is 1.47 bits per heavy atom. The molecule has 0 heterocycles. The van der Waals surface area contributed by atoms with Crippen molar-refractivity contribution in [3.05, 3.63) is 0 Å². The van der Waals surface area contributed by atoms with Crippen LogP contribution in [0.15, 0.2) is 0 Å². The number of hydrogen-bond donors (Lipinski definition) is 2. The van der Waals surface area contributed by atoms with Gasteiger partial charge < -0.3 is 15.3 Å². The van der Waals surface area contributed by atoms with Crippen LogP contribution in [0.5, 0.6) is 0 Å². The van der Waals surface area contributed by atoms with Gasteiger partial charge >= 0.3 is 6.03 Å². The van der Waals surface area contributed by atoms with Gasteiger partial charge in [-0.05, 0) is 37.5 Å². The maximum atomic E-state index is 11.6. The number of carbonyl (C=O) groups excluding carboxylic acids is 1. The van der Waals surface area contributed by atoms with Crippen LogP contribution in [0.2, 0.25) is 0 Å². The van der Waals surface area contributed by atoms with E-state index in [2.05, 4.69) is 5.32 Å². The summed E-state index contributed by atoms with van der Waals surface area (Å²) in [6, 6.07) is -0.0541. The number of carbonyl (C=O) groups is 1. The van der Waals surface area contributed by atoms with E-state index in [1.165, 1.54) is 12.8 Å². The lowest BCUT2D eigenvalue weighted by molar-refractivity contribution is 0.113. The van der Waals surface area contributed by atoms with Crippen molar-refractivity contribution in [3.63, 3.8) is 0 Å². The molecule has 2 aliphatic rings. The van der Waals surface area contributed by atoms with Crippen molar-refractivity contribution in [2.75, 3.05) is 20.1 Å². The third kappa shape index (κ3) is 3.38. The predicted molar refractivity (Wildman–Crippen MR) is 57.5 cm³/mol. The lowest BCUT2D eigenvalue weighted by atomic mass is 10.2. The zero-order valence-electron chi connectivity index (χ0n) is 9.28. The second kappa shape index (κ2) is 4.39. The van der Waals surface area contributed by atoms with E-state index in [1.807, 2.05) is 0 Å². The fraction of sp³-hybridized carbons (Fsp3) is 0.909. The number of aliphatic hydroxyl groups excluding tert-OH is 1. The molecule has 0 radical (unpaired) electrons. The van der Waals surface area contributed by atoms with Crippen LogP contribution < -0.4 is 5.32 Å². The van der Waals surface area contributed by atoms with Crippen LogP contribution >= 0.6 is 0 Å². The molecule has 2 amide bonds. The van der Waals surface area contributed by atoms with Crippen LogP contribution in [0.4, 0.5) is 4.79 Å². The summed E-state index contributed by atoms with van der Waals surface area (Å²) in [5.74, 6) is 1.14. The number of aliphatic hydroxyl groups is 1. The fourth-order valence-corrected chi connectivity index (χ4v) is 1.68. The highest BCUT2D eigenvalue weighted by Gasteiger charge is 2.31. The van der Waals surface area contributed by atoms with Gasteiger partial charge in [0.2, 0.25) is 0 Å². The standard InChI is InChI=1S/C11H20N2O2/c1-13(7-10(14)9-4-5-9)11(15)12-6-8-2-3-8/h8-10,14H,2-7H2,1H3,(H,12,15). The number of amides is 2. The molecule has 1 unspecified atom stereocenters. The molecule has 0 aromatic carbocycles. The Morgan fingerprint density at radius 2 is 2.13 bits per heavy atom. The SMILES string of the molecule is CN(CC(O)C1CC1)C(=O)NCC1CC1. The van der Waals surface area contributed by atoms with Gasteiger partial charge in [0.05, 0.1) is 6.10 Å². The van der Waals surface area contributed by atoms with E-state index < -0.39 is 0 Å². The number of hydrogen-bond acceptors (Lipinski definition) is 2. The van der Waals surface area contributed by atoms with Crippen LogP contribution in [-0.4, -0.2) is 42.3 Å². The molecule has 2 saturated carbocycles. The summed E-state index contributed by atoms with van der Waals surface area (Å²) in [4.78, 5) is 13.1. The summed E-state index contributed by atoms with van der Waals surface area (Å²) in [6.07, 6.45) is 4.38. The maximum Gasteiger partial charge on any atom is 0.317 e. The second-order valence-corrected chi connectivity index (χ2v) is 4.91. The Morgan fingerprint density at radius 3 is 2.67 bits per heavy atom. The third-order valence-corrected chi connectivity index (χ3v) is 3.21. The first-order valence-electron chi connectivity index (χ1n) is 5.84. The monoisotopic (exact) mass is 212 g/mol. The fourth-order valence-electron chi connectivity index (χ4n) is 1.68. The molecule has 2 fully saturated rings. The molecule has 2 aliphatic carbocycles. The van der Waals surface area contributed by atoms with E-state index in [4.69, 9.17) is 0 Å². The van der Waals surface area contributed by atoms with Crippen molar-refractivity contribution >= 4 is 6.03 Å². The summed E-state index contributed by atoms with van der Waals surface area (Å²) in [5.41, 5.74) is 0. The summed E-state index contributed by atoms with van der Waals surface area (Å²) in [6.45, 7) is 1.25. The molecule has 0 aromatic heterocycles. The van der Waals surface area contributed by atoms with Crippen LogP contribution in [0.25, 0.3) is 0 Å². The number of nitrogens with zero attached hydrogens (tertiary/aromatic N) is 1. The Balaban J connectivity index is 1.63. The van der Waals surface area contributed by atoms with Crippen molar-refractivity contribution in [2.24, 2.45) is 11.8 Å². The number of nitrogens with one attached hydrogen (secondary N) is 1. The first kappa shape index (κ1) is 10.7. The first-order chi connectivity index (χ1) is 7.16. The van der Waals surface area contributed by atoms with Gasteiger partial charge in [-0.3, -0.25) is 0 Å². The lowest BCUT2D eigenvalue weighted by Crippen LogP contribution is -2.42. The summed E-state index contributed by atoms with van der Waals surface area (Å²) in [7, 11) is 1.74. The largest absolute Gasteiger partial charge is 0.391 e. The van der Waals surface area contributed by atoms with Crippen LogP contribution in [0.1, 0.15) is 25.7 Å². The van der Waals surface area contributed by atoms with Gasteiger partial charge in [0.1, 0.15) is 0 Å². The molecule has 4 heteroatoms. The van der Waals surface area contributed by atoms with Crippen LogP contribution in [0, 0.1) is 11.8 Å².